The zero-order chi connectivity index (χ0) is 9.26. The molecule has 1 saturated heterocycles. The average molecular weight is 197 g/mol. The summed E-state index contributed by atoms with van der Waals surface area (Å²) in [5, 5.41) is -0.481. The maximum absolute atomic E-state index is 11.0. The number of carbonyl (C=O) groups is 1. The molecule has 0 spiro atoms. The Morgan fingerprint density at radius 3 is 2.54 bits per heavy atom. The molecule has 0 unspecified atom stereocenters. The fourth-order valence-electron chi connectivity index (χ4n) is 1.42. The minimum atomic E-state index is -0.481. The molecule has 0 saturated carbocycles. The molecule has 2 nitrogen and oxygen atoms in total. The molecule has 1 heterocycles. The zero-order valence-corrected chi connectivity index (χ0v) is 7.70. The van der Waals surface area contributed by atoms with Gasteiger partial charge in [0.2, 0.25) is 0 Å². The molecule has 68 valence electrons. The molecule has 1 aliphatic heterocycles. The lowest BCUT2D eigenvalue weighted by molar-refractivity contribution is -0.141. The van der Waals surface area contributed by atoms with Crippen molar-refractivity contribution >= 4 is 17.6 Å². The first-order valence-corrected chi connectivity index (χ1v) is 4.60. The van der Waals surface area contributed by atoms with Crippen molar-refractivity contribution in [3.63, 3.8) is 0 Å². The summed E-state index contributed by atoms with van der Waals surface area (Å²) < 4.78 is 5.09. The number of esters is 1. The van der Waals surface area contributed by atoms with Gasteiger partial charge in [0.1, 0.15) is 11.5 Å². The number of hydrogen-bond acceptors (Lipinski definition) is 2. The van der Waals surface area contributed by atoms with E-state index in [9.17, 15) is 4.79 Å². The van der Waals surface area contributed by atoms with Crippen molar-refractivity contribution in [3.8, 4) is 0 Å². The maximum Gasteiger partial charge on any atom is 0.324 e. The molecule has 0 amide bonds. The van der Waals surface area contributed by atoms with Crippen LogP contribution in [0.4, 0.5) is 0 Å². The van der Waals surface area contributed by atoms with E-state index in [1.54, 1.807) is 0 Å². The summed E-state index contributed by atoms with van der Waals surface area (Å²) in [6.45, 7) is 0. The summed E-state index contributed by atoms with van der Waals surface area (Å²) in [7, 11) is 0. The molecule has 2 rings (SSSR count). The Balaban J connectivity index is 2.17. The van der Waals surface area contributed by atoms with Crippen LogP contribution in [0.25, 0.3) is 0 Å². The maximum atomic E-state index is 11.0. The number of ether oxygens (including phenoxy) is 1. The molecule has 3 heteroatoms. The second kappa shape index (κ2) is 3.38. The van der Waals surface area contributed by atoms with Crippen LogP contribution in [-0.2, 0) is 9.53 Å². The van der Waals surface area contributed by atoms with Crippen molar-refractivity contribution < 1.29 is 9.53 Å². The number of carbonyl (C=O) groups excluding carboxylic acids is 1. The Hall–Kier alpha value is -1.02. The topological polar surface area (TPSA) is 26.3 Å². The normalized spacial score (nSPS) is 27.3. The molecule has 0 aromatic heterocycles. The first-order valence-electron chi connectivity index (χ1n) is 4.17. The van der Waals surface area contributed by atoms with Crippen LogP contribution in [0.2, 0.25) is 0 Å². The summed E-state index contributed by atoms with van der Waals surface area (Å²) in [6.07, 6.45) is 0.418. The average Bonchev–Trinajstić information content (AvgIpc) is 2.49. The van der Waals surface area contributed by atoms with Gasteiger partial charge in [0.25, 0.3) is 0 Å². The van der Waals surface area contributed by atoms with Crippen molar-refractivity contribution in [1.82, 2.24) is 0 Å². The Morgan fingerprint density at radius 2 is 2.00 bits per heavy atom. The molecular weight excluding hydrogens is 188 g/mol. The van der Waals surface area contributed by atoms with Crippen molar-refractivity contribution in [3.05, 3.63) is 35.9 Å². The smallest absolute Gasteiger partial charge is 0.324 e. The molecule has 13 heavy (non-hydrogen) atoms. The summed E-state index contributed by atoms with van der Waals surface area (Å²) >= 11 is 5.73. The molecule has 0 bridgehead atoms. The number of halogens is 1. The van der Waals surface area contributed by atoms with E-state index < -0.39 is 5.38 Å². The van der Waals surface area contributed by atoms with Gasteiger partial charge >= 0.3 is 5.97 Å². The zero-order valence-electron chi connectivity index (χ0n) is 6.94. The van der Waals surface area contributed by atoms with Gasteiger partial charge in [-0.2, -0.15) is 0 Å². The Labute approximate surface area is 81.5 Å². The van der Waals surface area contributed by atoms with E-state index in [-0.39, 0.29) is 12.1 Å². The SMILES string of the molecule is O=C1O[C@H](c2ccccc2)C[C@H]1Cl. The molecule has 1 aromatic rings. The second-order valence-electron chi connectivity index (χ2n) is 3.04. The van der Waals surface area contributed by atoms with Crippen molar-refractivity contribution in [2.75, 3.05) is 0 Å². The Bertz CT molecular complexity index is 310. The number of benzene rings is 1. The molecule has 1 aromatic carbocycles. The standard InChI is InChI=1S/C10H9ClO2/c11-8-6-9(13-10(8)12)7-4-2-1-3-5-7/h1-5,8-9H,6H2/t8-,9+/m1/s1. The highest BCUT2D eigenvalue weighted by molar-refractivity contribution is 6.30. The molecule has 0 N–H and O–H groups in total. The Kier molecular flexibility index (Phi) is 2.23. The lowest BCUT2D eigenvalue weighted by atomic mass is 10.1. The molecule has 0 radical (unpaired) electrons. The minimum absolute atomic E-state index is 0.156. The summed E-state index contributed by atoms with van der Waals surface area (Å²) in [5.74, 6) is -0.310. The van der Waals surface area contributed by atoms with Gasteiger partial charge in [-0.05, 0) is 5.56 Å². The number of cyclic esters (lactones) is 1. The highest BCUT2D eigenvalue weighted by Gasteiger charge is 2.33. The van der Waals surface area contributed by atoms with Gasteiger partial charge in [-0.15, -0.1) is 11.6 Å². The summed E-state index contributed by atoms with van der Waals surface area (Å²) in [5.41, 5.74) is 1.01. The number of alkyl halides is 1. The largest absolute Gasteiger partial charge is 0.456 e. The molecule has 0 aliphatic carbocycles. The van der Waals surface area contributed by atoms with Gasteiger partial charge in [-0.3, -0.25) is 4.79 Å². The third-order valence-corrected chi connectivity index (χ3v) is 2.46. The molecular formula is C10H9ClO2. The van der Waals surface area contributed by atoms with Gasteiger partial charge < -0.3 is 4.74 Å². The number of rotatable bonds is 1. The predicted octanol–water partition coefficient (Wildman–Crippen LogP) is 2.28. The van der Waals surface area contributed by atoms with Crippen LogP contribution < -0.4 is 0 Å². The van der Waals surface area contributed by atoms with E-state index in [1.807, 2.05) is 30.3 Å². The van der Waals surface area contributed by atoms with E-state index in [4.69, 9.17) is 16.3 Å². The van der Waals surface area contributed by atoms with Crippen LogP contribution in [0.1, 0.15) is 18.1 Å². The van der Waals surface area contributed by atoms with Crippen LogP contribution in [-0.4, -0.2) is 11.3 Å². The number of hydrogen-bond donors (Lipinski definition) is 0. The quantitative estimate of drug-likeness (QED) is 0.509. The van der Waals surface area contributed by atoms with Crippen LogP contribution in [0, 0.1) is 0 Å². The van der Waals surface area contributed by atoms with Crippen molar-refractivity contribution in [2.24, 2.45) is 0 Å². The van der Waals surface area contributed by atoms with Crippen LogP contribution >= 0.6 is 11.6 Å². The van der Waals surface area contributed by atoms with Crippen LogP contribution in [0.15, 0.2) is 30.3 Å². The van der Waals surface area contributed by atoms with Crippen molar-refractivity contribution in [2.45, 2.75) is 17.9 Å². The first kappa shape index (κ1) is 8.57. The van der Waals surface area contributed by atoms with Gasteiger partial charge in [0.15, 0.2) is 0 Å². The van der Waals surface area contributed by atoms with Gasteiger partial charge in [-0.1, -0.05) is 30.3 Å². The third-order valence-electron chi connectivity index (χ3n) is 2.11. The van der Waals surface area contributed by atoms with E-state index >= 15 is 0 Å². The lowest BCUT2D eigenvalue weighted by Crippen LogP contribution is -2.04. The van der Waals surface area contributed by atoms with E-state index in [0.29, 0.717) is 6.42 Å². The second-order valence-corrected chi connectivity index (χ2v) is 3.57. The highest BCUT2D eigenvalue weighted by Crippen LogP contribution is 2.31. The minimum Gasteiger partial charge on any atom is -0.456 e. The van der Waals surface area contributed by atoms with Crippen LogP contribution in [0.5, 0.6) is 0 Å². The van der Waals surface area contributed by atoms with Gasteiger partial charge in [0, 0.05) is 6.42 Å². The van der Waals surface area contributed by atoms with Crippen LogP contribution in [0.3, 0.4) is 0 Å². The summed E-state index contributed by atoms with van der Waals surface area (Å²) in [4.78, 5) is 11.0. The Morgan fingerprint density at radius 1 is 1.31 bits per heavy atom. The van der Waals surface area contributed by atoms with E-state index in [2.05, 4.69) is 0 Å². The first-order chi connectivity index (χ1) is 6.27. The van der Waals surface area contributed by atoms with E-state index in [1.165, 1.54) is 0 Å². The fraction of sp³-hybridized carbons (Fsp3) is 0.300. The molecule has 1 aliphatic rings. The van der Waals surface area contributed by atoms with Crippen molar-refractivity contribution in [1.29, 1.82) is 0 Å². The predicted molar refractivity (Wildman–Crippen MR) is 49.5 cm³/mol. The molecule has 2 atom stereocenters. The fourth-order valence-corrected chi connectivity index (χ4v) is 1.63. The monoisotopic (exact) mass is 196 g/mol. The lowest BCUT2D eigenvalue weighted by Gasteiger charge is -2.07. The van der Waals surface area contributed by atoms with E-state index in [0.717, 1.165) is 5.56 Å². The van der Waals surface area contributed by atoms with Gasteiger partial charge in [-0.25, -0.2) is 0 Å². The third kappa shape index (κ3) is 1.68. The molecule has 1 fully saturated rings. The highest BCUT2D eigenvalue weighted by atomic mass is 35.5. The summed E-state index contributed by atoms with van der Waals surface area (Å²) in [6, 6.07) is 9.65. The van der Waals surface area contributed by atoms with Gasteiger partial charge in [0.05, 0.1) is 0 Å².